The molecule has 0 aliphatic rings. The van der Waals surface area contributed by atoms with Crippen molar-refractivity contribution in [3.05, 3.63) is 51.7 Å². The van der Waals surface area contributed by atoms with E-state index >= 15 is 0 Å². The molecule has 0 atom stereocenters. The molecule has 1 amide bonds. The topological polar surface area (TPSA) is 75.3 Å². The third-order valence-corrected chi connectivity index (χ3v) is 4.20. The number of carbonyl (C=O) groups excluding carboxylic acids is 1. The number of methoxy groups -OCH3 is 1. The number of ether oxygens (including phenoxy) is 1. The second-order valence-corrected chi connectivity index (χ2v) is 5.94. The van der Waals surface area contributed by atoms with Gasteiger partial charge in [-0.15, -0.1) is 0 Å². The molecule has 0 fully saturated rings. The predicted octanol–water partition coefficient (Wildman–Crippen LogP) is 3.69. The van der Waals surface area contributed by atoms with Crippen molar-refractivity contribution in [1.29, 1.82) is 5.26 Å². The zero-order chi connectivity index (χ0) is 17.5. The van der Waals surface area contributed by atoms with Crippen molar-refractivity contribution in [2.24, 2.45) is 0 Å². The normalized spacial score (nSPS) is 11.2. The maximum absolute atomic E-state index is 11.9. The zero-order valence-corrected chi connectivity index (χ0v) is 15.0. The molecule has 0 spiro atoms. The monoisotopic (exact) mass is 388 g/mol. The second-order valence-electron chi connectivity index (χ2n) is 5.08. The molecule has 124 valence electrons. The van der Waals surface area contributed by atoms with Crippen LogP contribution in [0.3, 0.4) is 0 Å². The van der Waals surface area contributed by atoms with Crippen molar-refractivity contribution in [2.45, 2.75) is 6.92 Å². The molecular formula is C18H17BrN2O3. The Morgan fingerprint density at radius 1 is 1.42 bits per heavy atom. The molecule has 2 rings (SSSR count). The molecule has 0 saturated carbocycles. The van der Waals surface area contributed by atoms with Gasteiger partial charge >= 0.3 is 0 Å². The number of nitrogens with one attached hydrogen (secondary N) is 1. The van der Waals surface area contributed by atoms with E-state index in [-0.39, 0.29) is 5.57 Å². The van der Waals surface area contributed by atoms with Crippen molar-refractivity contribution in [1.82, 2.24) is 5.32 Å². The number of aryl methyl sites for hydroxylation is 1. The van der Waals surface area contributed by atoms with E-state index in [1.807, 2.05) is 37.3 Å². The Bertz CT molecular complexity index is 803. The van der Waals surface area contributed by atoms with Gasteiger partial charge in [-0.3, -0.25) is 4.79 Å². The van der Waals surface area contributed by atoms with Crippen LogP contribution < -0.4 is 5.32 Å². The van der Waals surface area contributed by atoms with E-state index in [4.69, 9.17) is 14.4 Å². The van der Waals surface area contributed by atoms with Crippen LogP contribution in [0.5, 0.6) is 0 Å². The van der Waals surface area contributed by atoms with Crippen LogP contribution in [0.15, 0.2) is 44.8 Å². The van der Waals surface area contributed by atoms with Crippen LogP contribution >= 0.6 is 15.9 Å². The molecule has 6 heteroatoms. The van der Waals surface area contributed by atoms with E-state index in [1.165, 1.54) is 6.08 Å². The highest BCUT2D eigenvalue weighted by molar-refractivity contribution is 9.10. The van der Waals surface area contributed by atoms with Gasteiger partial charge in [0.15, 0.2) is 0 Å². The summed E-state index contributed by atoms with van der Waals surface area (Å²) in [6.45, 7) is 2.73. The summed E-state index contributed by atoms with van der Waals surface area (Å²) in [6, 6.07) is 11.3. The van der Waals surface area contributed by atoms with Gasteiger partial charge in [-0.1, -0.05) is 22.0 Å². The van der Waals surface area contributed by atoms with E-state index in [0.29, 0.717) is 24.7 Å². The van der Waals surface area contributed by atoms with Gasteiger partial charge in [0.2, 0.25) is 0 Å². The first kappa shape index (κ1) is 18.0. The van der Waals surface area contributed by atoms with Crippen LogP contribution in [-0.2, 0) is 9.53 Å². The second kappa shape index (κ2) is 8.48. The maximum Gasteiger partial charge on any atom is 0.262 e. The molecule has 0 aliphatic heterocycles. The third-order valence-electron chi connectivity index (χ3n) is 3.31. The molecular weight excluding hydrogens is 372 g/mol. The summed E-state index contributed by atoms with van der Waals surface area (Å²) in [5.74, 6) is 0.671. The number of rotatable bonds is 6. The number of carbonyl (C=O) groups is 1. The van der Waals surface area contributed by atoms with E-state index < -0.39 is 5.91 Å². The fourth-order valence-corrected chi connectivity index (χ4v) is 2.28. The van der Waals surface area contributed by atoms with Crippen LogP contribution in [-0.4, -0.2) is 26.2 Å². The van der Waals surface area contributed by atoms with Gasteiger partial charge in [-0.05, 0) is 36.8 Å². The smallest absolute Gasteiger partial charge is 0.262 e. The summed E-state index contributed by atoms with van der Waals surface area (Å²) in [6.07, 6.45) is 1.43. The van der Waals surface area contributed by atoms with Gasteiger partial charge in [0.25, 0.3) is 5.91 Å². The largest absolute Gasteiger partial charge is 0.457 e. The van der Waals surface area contributed by atoms with Gasteiger partial charge in [-0.25, -0.2) is 0 Å². The molecule has 0 unspecified atom stereocenters. The standard InChI is InChI=1S/C18H17BrN2O3/c1-12-9-13(3-5-16(12)19)17-6-4-15(24-17)10-14(11-20)18(22)21-7-8-23-2/h3-6,9-10H,7-8H2,1-2H3,(H,21,22)/b14-10+. The molecule has 1 aromatic heterocycles. The molecule has 24 heavy (non-hydrogen) atoms. The summed E-state index contributed by atoms with van der Waals surface area (Å²) in [4.78, 5) is 11.9. The average molecular weight is 389 g/mol. The van der Waals surface area contributed by atoms with Crippen LogP contribution in [0.2, 0.25) is 0 Å². The first-order valence-corrected chi connectivity index (χ1v) is 8.09. The number of hydrogen-bond donors (Lipinski definition) is 1. The predicted molar refractivity (Wildman–Crippen MR) is 95.1 cm³/mol. The van der Waals surface area contributed by atoms with Crippen LogP contribution in [0.25, 0.3) is 17.4 Å². The summed E-state index contributed by atoms with van der Waals surface area (Å²) in [5, 5.41) is 11.8. The van der Waals surface area contributed by atoms with E-state index in [2.05, 4.69) is 21.2 Å². The number of furan rings is 1. The van der Waals surface area contributed by atoms with Gasteiger partial charge < -0.3 is 14.5 Å². The van der Waals surface area contributed by atoms with Crippen molar-refractivity contribution in [3.63, 3.8) is 0 Å². The van der Waals surface area contributed by atoms with Crippen molar-refractivity contribution in [3.8, 4) is 17.4 Å². The molecule has 0 radical (unpaired) electrons. The summed E-state index contributed by atoms with van der Waals surface area (Å²) >= 11 is 3.46. The minimum atomic E-state index is -0.452. The first-order valence-electron chi connectivity index (χ1n) is 7.30. The number of halogens is 1. The maximum atomic E-state index is 11.9. The Morgan fingerprint density at radius 2 is 2.21 bits per heavy atom. The minimum absolute atomic E-state index is 0.0148. The Labute approximate surface area is 149 Å². The molecule has 1 aromatic carbocycles. The molecule has 1 N–H and O–H groups in total. The van der Waals surface area contributed by atoms with E-state index in [9.17, 15) is 4.79 Å². The Hall–Kier alpha value is -2.36. The quantitative estimate of drug-likeness (QED) is 0.465. The summed E-state index contributed by atoms with van der Waals surface area (Å²) in [7, 11) is 1.54. The number of hydrogen-bond acceptors (Lipinski definition) is 4. The van der Waals surface area contributed by atoms with E-state index in [0.717, 1.165) is 15.6 Å². The fraction of sp³-hybridized carbons (Fsp3) is 0.222. The van der Waals surface area contributed by atoms with Crippen LogP contribution in [0.4, 0.5) is 0 Å². The zero-order valence-electron chi connectivity index (χ0n) is 13.4. The van der Waals surface area contributed by atoms with Gasteiger partial charge in [-0.2, -0.15) is 5.26 Å². The molecule has 1 heterocycles. The van der Waals surface area contributed by atoms with Crippen LogP contribution in [0, 0.1) is 18.3 Å². The molecule has 0 saturated heterocycles. The average Bonchev–Trinajstić information content (AvgIpc) is 3.04. The number of amides is 1. The molecule has 5 nitrogen and oxygen atoms in total. The summed E-state index contributed by atoms with van der Waals surface area (Å²) < 4.78 is 11.6. The highest BCUT2D eigenvalue weighted by Crippen LogP contribution is 2.27. The first-order chi connectivity index (χ1) is 11.5. The Balaban J connectivity index is 2.18. The Kier molecular flexibility index (Phi) is 6.36. The third kappa shape index (κ3) is 4.57. The van der Waals surface area contributed by atoms with Gasteiger partial charge in [0, 0.05) is 29.8 Å². The van der Waals surface area contributed by atoms with Crippen molar-refractivity contribution < 1.29 is 13.9 Å². The highest BCUT2D eigenvalue weighted by atomic mass is 79.9. The van der Waals surface area contributed by atoms with Crippen molar-refractivity contribution in [2.75, 3.05) is 20.3 Å². The summed E-state index contributed by atoms with van der Waals surface area (Å²) in [5.41, 5.74) is 2.01. The molecule has 2 aromatic rings. The highest BCUT2D eigenvalue weighted by Gasteiger charge is 2.11. The van der Waals surface area contributed by atoms with Gasteiger partial charge in [0.05, 0.1) is 6.61 Å². The minimum Gasteiger partial charge on any atom is -0.457 e. The number of nitriles is 1. The lowest BCUT2D eigenvalue weighted by Gasteiger charge is -2.02. The molecule has 0 bridgehead atoms. The lowest BCUT2D eigenvalue weighted by Crippen LogP contribution is -2.27. The molecule has 0 aliphatic carbocycles. The lowest BCUT2D eigenvalue weighted by molar-refractivity contribution is -0.117. The fourth-order valence-electron chi connectivity index (χ4n) is 2.04. The number of nitrogens with zero attached hydrogens (tertiary/aromatic N) is 1. The van der Waals surface area contributed by atoms with Gasteiger partial charge in [0.1, 0.15) is 23.2 Å². The SMILES string of the molecule is COCCNC(=O)/C(C#N)=C/c1ccc(-c2ccc(Br)c(C)c2)o1. The van der Waals surface area contributed by atoms with E-state index in [1.54, 1.807) is 13.2 Å². The van der Waals surface area contributed by atoms with Crippen LogP contribution in [0.1, 0.15) is 11.3 Å². The Morgan fingerprint density at radius 3 is 2.88 bits per heavy atom. The van der Waals surface area contributed by atoms with Crippen molar-refractivity contribution >= 4 is 27.9 Å². The number of benzene rings is 1. The lowest BCUT2D eigenvalue weighted by atomic mass is 10.1.